The van der Waals surface area contributed by atoms with Gasteiger partial charge in [-0.2, -0.15) is 0 Å². The van der Waals surface area contributed by atoms with Crippen molar-refractivity contribution in [3.05, 3.63) is 107 Å². The Morgan fingerprint density at radius 2 is 1.72 bits per heavy atom. The first-order chi connectivity index (χ1) is 20.8. The molecule has 0 bridgehead atoms. The number of likely N-dealkylation sites (tertiary alicyclic amines) is 1. The molecule has 0 spiro atoms. The number of amides is 3. The van der Waals surface area contributed by atoms with Gasteiger partial charge in [-0.25, -0.2) is 10.3 Å². The number of nitrogens with zero attached hydrogens (tertiary/aromatic N) is 2. The molecule has 0 saturated carbocycles. The summed E-state index contributed by atoms with van der Waals surface area (Å²) in [5, 5.41) is 13.2. The first-order valence-electron chi connectivity index (χ1n) is 14.1. The van der Waals surface area contributed by atoms with Gasteiger partial charge in [-0.15, -0.1) is 0 Å². The van der Waals surface area contributed by atoms with E-state index in [2.05, 4.69) is 10.3 Å². The largest absolute Gasteiger partial charge is 0.489 e. The van der Waals surface area contributed by atoms with Crippen molar-refractivity contribution in [2.24, 2.45) is 0 Å². The van der Waals surface area contributed by atoms with Gasteiger partial charge in [0.25, 0.3) is 5.91 Å². The van der Waals surface area contributed by atoms with Gasteiger partial charge >= 0.3 is 6.09 Å². The van der Waals surface area contributed by atoms with Crippen LogP contribution < -0.4 is 15.5 Å². The summed E-state index contributed by atoms with van der Waals surface area (Å²) in [6.45, 7) is 2.87. The zero-order chi connectivity index (χ0) is 30.2. The Morgan fingerprint density at radius 3 is 2.49 bits per heavy atom. The minimum absolute atomic E-state index is 0.0558. The molecule has 2 heterocycles. The van der Waals surface area contributed by atoms with Crippen LogP contribution in [0.5, 0.6) is 5.75 Å². The standard InChI is InChI=1S/C33H34N4O6/c1-23-18-26(28-10-5-6-11-29(28)34-23)21-42-27-14-12-25(13-15-27)31(39)35-33(19-30(38)36-41)16-7-17-37(22-33)32(40)43-20-24-8-3-2-4-9-24/h2-6,8-15,18,41H,7,16-17,19-22H2,1H3,(H,35,39)(H,36,38). The van der Waals surface area contributed by atoms with Crippen molar-refractivity contribution in [1.29, 1.82) is 0 Å². The molecule has 3 N–H and O–H groups in total. The highest BCUT2D eigenvalue weighted by Crippen LogP contribution is 2.27. The molecule has 222 valence electrons. The molecule has 5 rings (SSSR count). The maximum Gasteiger partial charge on any atom is 0.410 e. The summed E-state index contributed by atoms with van der Waals surface area (Å²) in [6.07, 6.45) is 0.230. The molecule has 1 unspecified atom stereocenters. The summed E-state index contributed by atoms with van der Waals surface area (Å²) >= 11 is 0. The van der Waals surface area contributed by atoms with Crippen molar-refractivity contribution in [2.75, 3.05) is 13.1 Å². The molecule has 4 aromatic rings. The molecule has 1 aromatic heterocycles. The van der Waals surface area contributed by atoms with Crippen LogP contribution in [-0.4, -0.2) is 51.6 Å². The summed E-state index contributed by atoms with van der Waals surface area (Å²) in [6, 6.07) is 25.9. The van der Waals surface area contributed by atoms with Crippen LogP contribution in [-0.2, 0) is 22.7 Å². The number of nitrogens with one attached hydrogen (secondary N) is 2. The minimum Gasteiger partial charge on any atom is -0.489 e. The number of aryl methyl sites for hydroxylation is 1. The van der Waals surface area contributed by atoms with Crippen LogP contribution in [0.1, 0.15) is 46.4 Å². The number of aromatic nitrogens is 1. The molecule has 10 heteroatoms. The summed E-state index contributed by atoms with van der Waals surface area (Å²) < 4.78 is 11.5. The topological polar surface area (TPSA) is 130 Å². The number of carbonyl (C=O) groups is 3. The van der Waals surface area contributed by atoms with Crippen LogP contribution in [0.25, 0.3) is 10.9 Å². The Kier molecular flexibility index (Phi) is 9.17. The van der Waals surface area contributed by atoms with Crippen molar-refractivity contribution in [1.82, 2.24) is 20.7 Å². The summed E-state index contributed by atoms with van der Waals surface area (Å²) in [5.41, 5.74) is 4.59. The Bertz CT molecular complexity index is 1590. The fourth-order valence-corrected chi connectivity index (χ4v) is 5.43. The fraction of sp³-hybridized carbons (Fsp3) is 0.273. The van der Waals surface area contributed by atoms with E-state index in [4.69, 9.17) is 9.47 Å². The molecule has 43 heavy (non-hydrogen) atoms. The lowest BCUT2D eigenvalue weighted by atomic mass is 9.85. The lowest BCUT2D eigenvalue weighted by Gasteiger charge is -2.42. The van der Waals surface area contributed by atoms with E-state index in [0.717, 1.165) is 27.7 Å². The van der Waals surface area contributed by atoms with Gasteiger partial charge in [-0.3, -0.25) is 19.8 Å². The maximum atomic E-state index is 13.4. The number of rotatable bonds is 9. The number of piperidine rings is 1. The minimum atomic E-state index is -1.09. The van der Waals surface area contributed by atoms with Gasteiger partial charge in [0, 0.05) is 35.3 Å². The molecular weight excluding hydrogens is 548 g/mol. The number of hydroxylamine groups is 1. The first-order valence-corrected chi connectivity index (χ1v) is 14.1. The summed E-state index contributed by atoms with van der Waals surface area (Å²) in [4.78, 5) is 44.6. The van der Waals surface area contributed by atoms with Crippen LogP contribution in [0.3, 0.4) is 0 Å². The molecule has 1 atom stereocenters. The number of fused-ring (bicyclic) bond motifs is 1. The van der Waals surface area contributed by atoms with Crippen LogP contribution in [0.2, 0.25) is 0 Å². The van der Waals surface area contributed by atoms with Gasteiger partial charge in [0.05, 0.1) is 17.5 Å². The van der Waals surface area contributed by atoms with Crippen molar-refractivity contribution >= 4 is 28.8 Å². The van der Waals surface area contributed by atoms with Gasteiger partial charge in [0.1, 0.15) is 19.0 Å². The zero-order valence-corrected chi connectivity index (χ0v) is 23.9. The Balaban J connectivity index is 1.24. The Labute approximate surface area is 249 Å². The molecule has 1 fully saturated rings. The second kappa shape index (κ2) is 13.3. The number of hydrogen-bond donors (Lipinski definition) is 3. The van der Waals surface area contributed by atoms with Crippen molar-refractivity contribution in [2.45, 2.75) is 44.9 Å². The number of carbonyl (C=O) groups excluding carboxylic acids is 3. The van der Waals surface area contributed by atoms with E-state index in [1.54, 1.807) is 29.7 Å². The summed E-state index contributed by atoms with van der Waals surface area (Å²) in [5.74, 6) is -0.482. The van der Waals surface area contributed by atoms with Gasteiger partial charge < -0.3 is 19.7 Å². The molecule has 1 aliphatic heterocycles. The average molecular weight is 583 g/mol. The SMILES string of the molecule is Cc1cc(COc2ccc(C(=O)NC3(CC(=O)NO)CCCN(C(=O)OCc4ccccc4)C3)cc2)c2ccccc2n1. The highest BCUT2D eigenvalue weighted by Gasteiger charge is 2.41. The third-order valence-corrected chi connectivity index (χ3v) is 7.48. The van der Waals surface area contributed by atoms with Gasteiger partial charge in [0.15, 0.2) is 0 Å². The molecular formula is C33H34N4O6. The van der Waals surface area contributed by atoms with Crippen LogP contribution in [0, 0.1) is 6.92 Å². The van der Waals surface area contributed by atoms with Gasteiger partial charge in [-0.05, 0) is 61.7 Å². The lowest BCUT2D eigenvalue weighted by Crippen LogP contribution is -2.61. The van der Waals surface area contributed by atoms with Crippen molar-refractivity contribution in [3.8, 4) is 5.75 Å². The van der Waals surface area contributed by atoms with E-state index in [1.807, 2.05) is 67.6 Å². The first kappa shape index (κ1) is 29.5. The molecule has 0 radical (unpaired) electrons. The Morgan fingerprint density at radius 1 is 0.977 bits per heavy atom. The van der Waals surface area contributed by atoms with E-state index in [1.165, 1.54) is 4.90 Å². The molecule has 3 amide bonds. The van der Waals surface area contributed by atoms with Crippen LogP contribution in [0.15, 0.2) is 84.9 Å². The highest BCUT2D eigenvalue weighted by atomic mass is 16.6. The third kappa shape index (κ3) is 7.47. The van der Waals surface area contributed by atoms with Crippen LogP contribution in [0.4, 0.5) is 4.79 Å². The third-order valence-electron chi connectivity index (χ3n) is 7.48. The van der Waals surface area contributed by atoms with E-state index >= 15 is 0 Å². The van der Waals surface area contributed by atoms with E-state index in [-0.39, 0.29) is 19.6 Å². The molecule has 1 aliphatic rings. The summed E-state index contributed by atoms with van der Waals surface area (Å²) in [7, 11) is 0. The predicted octanol–water partition coefficient (Wildman–Crippen LogP) is 4.92. The highest BCUT2D eigenvalue weighted by molar-refractivity contribution is 5.95. The quantitative estimate of drug-likeness (QED) is 0.189. The van der Waals surface area contributed by atoms with Crippen molar-refractivity contribution < 1.29 is 29.1 Å². The molecule has 3 aromatic carbocycles. The lowest BCUT2D eigenvalue weighted by molar-refractivity contribution is -0.131. The predicted molar refractivity (Wildman–Crippen MR) is 159 cm³/mol. The Hall–Kier alpha value is -4.96. The monoisotopic (exact) mass is 582 g/mol. The smallest absolute Gasteiger partial charge is 0.410 e. The molecule has 10 nitrogen and oxygen atoms in total. The second-order valence-corrected chi connectivity index (χ2v) is 10.8. The average Bonchev–Trinajstić information content (AvgIpc) is 3.03. The number of hydrogen-bond acceptors (Lipinski definition) is 7. The number of ether oxygens (including phenoxy) is 2. The normalized spacial score (nSPS) is 16.4. The van der Waals surface area contributed by atoms with Crippen molar-refractivity contribution in [3.63, 3.8) is 0 Å². The maximum absolute atomic E-state index is 13.4. The van der Waals surface area contributed by atoms with Gasteiger partial charge in [-0.1, -0.05) is 48.5 Å². The van der Waals surface area contributed by atoms with E-state index in [0.29, 0.717) is 37.3 Å². The second-order valence-electron chi connectivity index (χ2n) is 10.8. The van der Waals surface area contributed by atoms with E-state index < -0.39 is 23.4 Å². The van der Waals surface area contributed by atoms with Gasteiger partial charge in [0.2, 0.25) is 5.91 Å². The molecule has 0 aliphatic carbocycles. The van der Waals surface area contributed by atoms with E-state index in [9.17, 15) is 19.6 Å². The number of benzene rings is 3. The number of pyridine rings is 1. The zero-order valence-electron chi connectivity index (χ0n) is 23.9. The molecule has 1 saturated heterocycles. The number of para-hydroxylation sites is 1. The van der Waals surface area contributed by atoms with Crippen LogP contribution >= 0.6 is 0 Å². The fourth-order valence-electron chi connectivity index (χ4n) is 5.43.